The molecule has 398 valence electrons. The van der Waals surface area contributed by atoms with E-state index in [-0.39, 0.29) is 38.6 Å². The number of quaternary nitrogens is 1. The Bertz CT molecular complexity index is 1360. The molecule has 0 bridgehead atoms. The number of rotatable bonds is 51. The topological polar surface area (TPSA) is 111 Å². The van der Waals surface area contributed by atoms with E-state index in [0.29, 0.717) is 17.4 Å². The van der Waals surface area contributed by atoms with Crippen LogP contribution in [0.15, 0.2) is 72.9 Å². The van der Waals surface area contributed by atoms with Gasteiger partial charge in [-0.3, -0.25) is 9.59 Å². The van der Waals surface area contributed by atoms with E-state index in [4.69, 9.17) is 18.9 Å². The molecule has 0 spiro atoms. The van der Waals surface area contributed by atoms with Crippen molar-refractivity contribution in [1.82, 2.24) is 0 Å². The molecule has 9 heteroatoms. The van der Waals surface area contributed by atoms with Gasteiger partial charge in [-0.15, -0.1) is 0 Å². The number of carboxylic acid groups (broad SMARTS) is 1. The zero-order valence-corrected chi connectivity index (χ0v) is 45.2. The van der Waals surface area contributed by atoms with Crippen LogP contribution in [0.4, 0.5) is 0 Å². The molecule has 0 saturated heterocycles. The molecule has 0 amide bonds. The number of hydrogen-bond acceptors (Lipinski definition) is 8. The molecule has 0 N–H and O–H groups in total. The van der Waals surface area contributed by atoms with Gasteiger partial charge in [0.05, 0.1) is 40.3 Å². The third kappa shape index (κ3) is 52.4. The highest BCUT2D eigenvalue weighted by Gasteiger charge is 2.22. The highest BCUT2D eigenvalue weighted by atomic mass is 16.7. The third-order valence-electron chi connectivity index (χ3n) is 11.9. The summed E-state index contributed by atoms with van der Waals surface area (Å²) in [6.07, 6.45) is 62.3. The number of allylic oxidation sites excluding steroid dienone is 12. The van der Waals surface area contributed by atoms with Crippen molar-refractivity contribution in [3.63, 3.8) is 0 Å². The van der Waals surface area contributed by atoms with E-state index in [0.717, 1.165) is 89.9 Å². The molecule has 0 aliphatic heterocycles. The Kier molecular flexibility index (Phi) is 48.7. The first kappa shape index (κ1) is 65.7. The summed E-state index contributed by atoms with van der Waals surface area (Å²) in [5.74, 6) is -2.29. The largest absolute Gasteiger partial charge is 0.545 e. The monoisotopic (exact) mass is 968 g/mol. The van der Waals surface area contributed by atoms with E-state index in [1.807, 2.05) is 21.1 Å². The minimum atomic E-state index is -1.62. The van der Waals surface area contributed by atoms with Gasteiger partial charge in [0.15, 0.2) is 12.4 Å². The summed E-state index contributed by atoms with van der Waals surface area (Å²) in [5, 5.41) is 11.8. The fourth-order valence-corrected chi connectivity index (χ4v) is 7.62. The molecule has 0 rings (SSSR count). The summed E-state index contributed by atoms with van der Waals surface area (Å²) in [6, 6.07) is 0. The predicted molar refractivity (Wildman–Crippen MR) is 288 cm³/mol. The van der Waals surface area contributed by atoms with Crippen molar-refractivity contribution in [1.29, 1.82) is 0 Å². The smallest absolute Gasteiger partial charge is 0.306 e. The van der Waals surface area contributed by atoms with Gasteiger partial charge in [-0.2, -0.15) is 0 Å². The normalized spacial score (nSPS) is 13.3. The molecule has 0 radical (unpaired) electrons. The highest BCUT2D eigenvalue weighted by Crippen LogP contribution is 2.15. The molecule has 0 aliphatic carbocycles. The molecule has 2 atom stereocenters. The van der Waals surface area contributed by atoms with Crippen LogP contribution in [0.25, 0.3) is 0 Å². The molecule has 2 unspecified atom stereocenters. The van der Waals surface area contributed by atoms with Gasteiger partial charge in [-0.05, 0) is 83.5 Å². The van der Waals surface area contributed by atoms with E-state index in [1.165, 1.54) is 109 Å². The summed E-state index contributed by atoms with van der Waals surface area (Å²) in [7, 11) is 5.91. The van der Waals surface area contributed by atoms with Crippen LogP contribution in [-0.2, 0) is 33.3 Å². The maximum atomic E-state index is 12.8. The van der Waals surface area contributed by atoms with Gasteiger partial charge in [-0.25, -0.2) is 0 Å². The van der Waals surface area contributed by atoms with Crippen LogP contribution < -0.4 is 5.11 Å². The molecule has 0 aromatic rings. The lowest BCUT2D eigenvalue weighted by Gasteiger charge is -2.26. The summed E-state index contributed by atoms with van der Waals surface area (Å²) >= 11 is 0. The second-order valence-electron chi connectivity index (χ2n) is 19.8. The summed E-state index contributed by atoms with van der Waals surface area (Å²) in [5.41, 5.74) is 0. The summed E-state index contributed by atoms with van der Waals surface area (Å²) in [4.78, 5) is 37.2. The molecule has 0 aromatic carbocycles. The van der Waals surface area contributed by atoms with Crippen molar-refractivity contribution in [2.24, 2.45) is 0 Å². The van der Waals surface area contributed by atoms with Gasteiger partial charge in [0.25, 0.3) is 0 Å². The van der Waals surface area contributed by atoms with Crippen LogP contribution in [0.1, 0.15) is 232 Å². The number of likely N-dealkylation sites (N-methyl/N-ethyl adjacent to an activating group) is 1. The Hall–Kier alpha value is -3.27. The zero-order chi connectivity index (χ0) is 50.6. The molecule has 0 aliphatic rings. The fourth-order valence-electron chi connectivity index (χ4n) is 7.62. The SMILES string of the molecule is CC/C=C\C/C=C\C/C=C\C/C=C\C/C=C\CCCCCCCCCCCCCCCC(=O)OC(COC(=O)CCCCCCC/C=C\CCCCCCCC)COC(OCC[N+](C)(C)C)C(=O)[O-]. The second-order valence-corrected chi connectivity index (χ2v) is 19.8. The molecular weight excluding hydrogens is 863 g/mol. The van der Waals surface area contributed by atoms with Crippen molar-refractivity contribution in [2.75, 3.05) is 47.5 Å². The van der Waals surface area contributed by atoms with Crippen LogP contribution in [-0.4, -0.2) is 82.3 Å². The quantitative estimate of drug-likeness (QED) is 0.0195. The number of carbonyl (C=O) groups is 3. The van der Waals surface area contributed by atoms with E-state index in [2.05, 4.69) is 86.8 Å². The summed E-state index contributed by atoms with van der Waals surface area (Å²) in [6.45, 7) is 4.62. The highest BCUT2D eigenvalue weighted by molar-refractivity contribution is 5.70. The van der Waals surface area contributed by atoms with Gasteiger partial charge in [-0.1, -0.05) is 209 Å². The lowest BCUT2D eigenvalue weighted by atomic mass is 10.0. The van der Waals surface area contributed by atoms with E-state index in [9.17, 15) is 19.5 Å². The number of nitrogens with zero attached hydrogens (tertiary/aromatic N) is 1. The van der Waals surface area contributed by atoms with E-state index in [1.54, 1.807) is 0 Å². The number of esters is 2. The van der Waals surface area contributed by atoms with Gasteiger partial charge in [0.2, 0.25) is 0 Å². The van der Waals surface area contributed by atoms with Crippen LogP contribution in [0, 0.1) is 0 Å². The first-order valence-corrected chi connectivity index (χ1v) is 28.1. The van der Waals surface area contributed by atoms with Crippen molar-refractivity contribution < 1.29 is 42.9 Å². The minimum absolute atomic E-state index is 0.144. The Morgan fingerprint density at radius 2 is 0.826 bits per heavy atom. The van der Waals surface area contributed by atoms with Crippen LogP contribution in [0.3, 0.4) is 0 Å². The maximum Gasteiger partial charge on any atom is 0.306 e. The van der Waals surface area contributed by atoms with Crippen molar-refractivity contribution in [2.45, 2.75) is 245 Å². The number of unbranched alkanes of at least 4 members (excludes halogenated alkanes) is 24. The van der Waals surface area contributed by atoms with Crippen molar-refractivity contribution in [3.8, 4) is 0 Å². The molecule has 0 heterocycles. The van der Waals surface area contributed by atoms with Gasteiger partial charge >= 0.3 is 11.9 Å². The van der Waals surface area contributed by atoms with Gasteiger partial charge < -0.3 is 33.3 Å². The average Bonchev–Trinajstić information content (AvgIpc) is 3.31. The third-order valence-corrected chi connectivity index (χ3v) is 11.9. The van der Waals surface area contributed by atoms with Gasteiger partial charge in [0.1, 0.15) is 13.2 Å². The second kappa shape index (κ2) is 51.1. The van der Waals surface area contributed by atoms with Crippen LogP contribution >= 0.6 is 0 Å². The number of aliphatic carboxylic acids is 1. The molecule has 0 fully saturated rings. The first-order valence-electron chi connectivity index (χ1n) is 28.1. The molecule has 0 saturated carbocycles. The minimum Gasteiger partial charge on any atom is -0.545 e. The number of hydrogen-bond donors (Lipinski definition) is 0. The summed E-state index contributed by atoms with van der Waals surface area (Å²) < 4.78 is 22.7. The number of ether oxygens (including phenoxy) is 4. The standard InChI is InChI=1S/C60H105NO8/c1-6-8-10-12-14-16-18-20-22-23-24-25-26-27-28-29-30-31-32-33-34-35-37-39-41-43-45-47-49-51-58(63)69-56(55-68-60(59(64)65)66-53-52-61(3,4)5)54-67-57(62)50-48-46-44-42-40-38-36-21-19-17-15-13-11-9-7-2/h8,10,14,16,20-22,24-25,27-28,36,56,60H,6-7,9,11-13,15,17-19,23,26,29-35,37-55H2,1-5H3/b10-8-,16-14-,22-20-,25-24-,28-27-,36-21-. The van der Waals surface area contributed by atoms with Crippen LogP contribution in [0.2, 0.25) is 0 Å². The average molecular weight is 968 g/mol. The lowest BCUT2D eigenvalue weighted by Crippen LogP contribution is -2.44. The Labute approximate surface area is 424 Å². The maximum absolute atomic E-state index is 12.8. The van der Waals surface area contributed by atoms with E-state index < -0.39 is 24.3 Å². The molecule has 0 aromatic heterocycles. The Morgan fingerprint density at radius 1 is 0.449 bits per heavy atom. The van der Waals surface area contributed by atoms with Crippen LogP contribution in [0.5, 0.6) is 0 Å². The molecular formula is C60H105NO8. The number of carbonyl (C=O) groups excluding carboxylic acids is 3. The Morgan fingerprint density at radius 3 is 1.25 bits per heavy atom. The fraction of sp³-hybridized carbons (Fsp3) is 0.750. The molecule has 69 heavy (non-hydrogen) atoms. The first-order chi connectivity index (χ1) is 33.6. The number of carboxylic acids is 1. The lowest BCUT2D eigenvalue weighted by molar-refractivity contribution is -0.870. The van der Waals surface area contributed by atoms with E-state index >= 15 is 0 Å². The van der Waals surface area contributed by atoms with Crippen molar-refractivity contribution in [3.05, 3.63) is 72.9 Å². The van der Waals surface area contributed by atoms with Gasteiger partial charge in [0, 0.05) is 12.8 Å². The molecule has 9 nitrogen and oxygen atoms in total. The zero-order valence-electron chi connectivity index (χ0n) is 45.2. The van der Waals surface area contributed by atoms with Crippen molar-refractivity contribution >= 4 is 17.9 Å². The predicted octanol–water partition coefficient (Wildman–Crippen LogP) is 14.9. The Balaban J connectivity index is 4.22.